The van der Waals surface area contributed by atoms with E-state index in [1.54, 1.807) is 0 Å². The van der Waals surface area contributed by atoms with Crippen molar-refractivity contribution in [1.29, 1.82) is 0 Å². The van der Waals surface area contributed by atoms with Gasteiger partial charge in [-0.3, -0.25) is 4.90 Å². The summed E-state index contributed by atoms with van der Waals surface area (Å²) in [6.45, 7) is 4.39. The molecule has 1 aliphatic heterocycles. The van der Waals surface area contributed by atoms with Gasteiger partial charge in [0, 0.05) is 19.2 Å². The Morgan fingerprint density at radius 1 is 1.45 bits per heavy atom. The van der Waals surface area contributed by atoms with E-state index in [0.717, 1.165) is 19.5 Å². The number of hydrogen-bond donors (Lipinski definition) is 2. The van der Waals surface area contributed by atoms with Crippen molar-refractivity contribution < 1.29 is 10.2 Å². The molecular weight excluding hydrogens is 142 g/mol. The van der Waals surface area contributed by atoms with Gasteiger partial charge in [-0.25, -0.2) is 0 Å². The standard InChI is InChI=1S/C8H17NO2/c1-7-8(6-11)2-3-9(7)4-5-10/h7-8,10-11H,2-6H2,1H3. The van der Waals surface area contributed by atoms with Crippen LogP contribution in [0.1, 0.15) is 13.3 Å². The molecule has 3 heteroatoms. The molecular formula is C8H17NO2. The Kier molecular flexibility index (Phi) is 3.30. The zero-order valence-corrected chi connectivity index (χ0v) is 7.03. The molecule has 0 saturated carbocycles. The molecule has 0 aromatic heterocycles. The molecule has 2 N–H and O–H groups in total. The van der Waals surface area contributed by atoms with Crippen LogP contribution in [0, 0.1) is 5.92 Å². The number of likely N-dealkylation sites (tertiary alicyclic amines) is 1. The number of hydrogen-bond acceptors (Lipinski definition) is 3. The SMILES string of the molecule is CC1C(CO)CCN1CCO. The molecule has 3 nitrogen and oxygen atoms in total. The predicted octanol–water partition coefficient (Wildman–Crippen LogP) is -0.319. The summed E-state index contributed by atoms with van der Waals surface area (Å²) < 4.78 is 0. The van der Waals surface area contributed by atoms with Crippen LogP contribution in [0.5, 0.6) is 0 Å². The highest BCUT2D eigenvalue weighted by atomic mass is 16.3. The minimum Gasteiger partial charge on any atom is -0.396 e. The minimum atomic E-state index is 0.225. The van der Waals surface area contributed by atoms with E-state index in [1.807, 2.05) is 0 Å². The van der Waals surface area contributed by atoms with Gasteiger partial charge in [0.05, 0.1) is 6.61 Å². The first kappa shape index (κ1) is 8.97. The first-order valence-electron chi connectivity index (χ1n) is 4.25. The molecule has 0 aromatic carbocycles. The van der Waals surface area contributed by atoms with Crippen LogP contribution in [-0.4, -0.2) is 47.5 Å². The average molecular weight is 159 g/mol. The van der Waals surface area contributed by atoms with Gasteiger partial charge in [0.25, 0.3) is 0 Å². The van der Waals surface area contributed by atoms with E-state index in [4.69, 9.17) is 10.2 Å². The summed E-state index contributed by atoms with van der Waals surface area (Å²) in [6.07, 6.45) is 1.07. The molecule has 0 aromatic rings. The second-order valence-electron chi connectivity index (χ2n) is 3.23. The smallest absolute Gasteiger partial charge is 0.0558 e. The maximum Gasteiger partial charge on any atom is 0.0558 e. The third kappa shape index (κ3) is 1.92. The van der Waals surface area contributed by atoms with Crippen molar-refractivity contribution in [2.75, 3.05) is 26.3 Å². The lowest BCUT2D eigenvalue weighted by molar-refractivity contribution is 0.153. The Morgan fingerprint density at radius 2 is 2.18 bits per heavy atom. The topological polar surface area (TPSA) is 43.7 Å². The molecule has 1 fully saturated rings. The zero-order valence-electron chi connectivity index (χ0n) is 7.03. The van der Waals surface area contributed by atoms with Gasteiger partial charge in [-0.05, 0) is 25.8 Å². The van der Waals surface area contributed by atoms with E-state index in [2.05, 4.69) is 11.8 Å². The van der Waals surface area contributed by atoms with Crippen molar-refractivity contribution in [3.05, 3.63) is 0 Å². The van der Waals surface area contributed by atoms with E-state index >= 15 is 0 Å². The van der Waals surface area contributed by atoms with Crippen molar-refractivity contribution in [2.45, 2.75) is 19.4 Å². The number of nitrogens with zero attached hydrogens (tertiary/aromatic N) is 1. The molecule has 1 rings (SSSR count). The molecule has 1 aliphatic rings. The third-order valence-electron chi connectivity index (χ3n) is 2.67. The Bertz CT molecular complexity index is 119. The van der Waals surface area contributed by atoms with Crippen LogP contribution in [0.25, 0.3) is 0 Å². The van der Waals surface area contributed by atoms with Crippen molar-refractivity contribution in [3.63, 3.8) is 0 Å². The van der Waals surface area contributed by atoms with E-state index in [9.17, 15) is 0 Å². The van der Waals surface area contributed by atoms with Gasteiger partial charge in [-0.2, -0.15) is 0 Å². The summed E-state index contributed by atoms with van der Waals surface area (Å²) in [7, 11) is 0. The third-order valence-corrected chi connectivity index (χ3v) is 2.67. The zero-order chi connectivity index (χ0) is 8.27. The fourth-order valence-electron chi connectivity index (χ4n) is 1.76. The lowest BCUT2D eigenvalue weighted by Gasteiger charge is -2.22. The van der Waals surface area contributed by atoms with Crippen molar-refractivity contribution >= 4 is 0 Å². The van der Waals surface area contributed by atoms with Gasteiger partial charge in [-0.15, -0.1) is 0 Å². The largest absolute Gasteiger partial charge is 0.396 e. The first-order valence-corrected chi connectivity index (χ1v) is 4.25. The van der Waals surface area contributed by atoms with Crippen LogP contribution in [0.4, 0.5) is 0 Å². The Labute approximate surface area is 67.6 Å². The van der Waals surface area contributed by atoms with Crippen LogP contribution in [0.2, 0.25) is 0 Å². The molecule has 66 valence electrons. The van der Waals surface area contributed by atoms with Gasteiger partial charge < -0.3 is 10.2 Å². The number of β-amino-alcohol motifs (C(OH)–C–C–N with tert-alkyl or cyclic N) is 1. The van der Waals surface area contributed by atoms with Gasteiger partial charge in [0.1, 0.15) is 0 Å². The maximum atomic E-state index is 8.93. The van der Waals surface area contributed by atoms with Crippen molar-refractivity contribution in [2.24, 2.45) is 5.92 Å². The molecule has 0 radical (unpaired) electrons. The highest BCUT2D eigenvalue weighted by Crippen LogP contribution is 2.22. The van der Waals surface area contributed by atoms with E-state index < -0.39 is 0 Å². The molecule has 2 unspecified atom stereocenters. The Balaban J connectivity index is 2.35. The second-order valence-corrected chi connectivity index (χ2v) is 3.23. The lowest BCUT2D eigenvalue weighted by atomic mass is 10.0. The molecule has 0 spiro atoms. The molecule has 2 atom stereocenters. The van der Waals surface area contributed by atoms with E-state index in [0.29, 0.717) is 12.0 Å². The number of aliphatic hydroxyl groups is 2. The fourth-order valence-corrected chi connectivity index (χ4v) is 1.76. The predicted molar refractivity (Wildman–Crippen MR) is 43.3 cm³/mol. The average Bonchev–Trinajstić information content (AvgIpc) is 2.34. The van der Waals surface area contributed by atoms with Crippen LogP contribution in [-0.2, 0) is 0 Å². The van der Waals surface area contributed by atoms with E-state index in [1.165, 1.54) is 0 Å². The monoisotopic (exact) mass is 159 g/mol. The molecule has 11 heavy (non-hydrogen) atoms. The Morgan fingerprint density at radius 3 is 2.64 bits per heavy atom. The highest BCUT2D eigenvalue weighted by Gasteiger charge is 2.28. The van der Waals surface area contributed by atoms with Gasteiger partial charge in [-0.1, -0.05) is 0 Å². The summed E-state index contributed by atoms with van der Waals surface area (Å²) in [5, 5.41) is 17.6. The molecule has 0 aliphatic carbocycles. The fraction of sp³-hybridized carbons (Fsp3) is 1.00. The molecule has 1 saturated heterocycles. The minimum absolute atomic E-state index is 0.225. The maximum absolute atomic E-state index is 8.93. The van der Waals surface area contributed by atoms with Crippen molar-refractivity contribution in [1.82, 2.24) is 4.90 Å². The second kappa shape index (κ2) is 4.04. The summed E-state index contributed by atoms with van der Waals surface area (Å²) in [5.41, 5.74) is 0. The summed E-state index contributed by atoms with van der Waals surface area (Å²) in [6, 6.07) is 0.437. The summed E-state index contributed by atoms with van der Waals surface area (Å²) in [4.78, 5) is 2.22. The summed E-state index contributed by atoms with van der Waals surface area (Å²) >= 11 is 0. The normalized spacial score (nSPS) is 33.0. The molecule has 1 heterocycles. The quantitative estimate of drug-likeness (QED) is 0.593. The lowest BCUT2D eigenvalue weighted by Crippen LogP contribution is -2.33. The van der Waals surface area contributed by atoms with Gasteiger partial charge in [0.2, 0.25) is 0 Å². The first-order chi connectivity index (χ1) is 5.29. The van der Waals surface area contributed by atoms with Gasteiger partial charge >= 0.3 is 0 Å². The van der Waals surface area contributed by atoms with E-state index in [-0.39, 0.29) is 13.2 Å². The van der Waals surface area contributed by atoms with Crippen LogP contribution >= 0.6 is 0 Å². The van der Waals surface area contributed by atoms with Crippen LogP contribution in [0.3, 0.4) is 0 Å². The van der Waals surface area contributed by atoms with Crippen molar-refractivity contribution in [3.8, 4) is 0 Å². The molecule has 0 amide bonds. The summed E-state index contributed by atoms with van der Waals surface area (Å²) in [5.74, 6) is 0.418. The Hall–Kier alpha value is -0.120. The number of rotatable bonds is 3. The molecule has 0 bridgehead atoms. The van der Waals surface area contributed by atoms with Gasteiger partial charge in [0.15, 0.2) is 0 Å². The highest BCUT2D eigenvalue weighted by molar-refractivity contribution is 4.82. The van der Waals surface area contributed by atoms with Crippen LogP contribution < -0.4 is 0 Å². The van der Waals surface area contributed by atoms with Crippen LogP contribution in [0.15, 0.2) is 0 Å². The number of aliphatic hydroxyl groups excluding tert-OH is 2.